The lowest BCUT2D eigenvalue weighted by Gasteiger charge is -2.11. The first-order valence-corrected chi connectivity index (χ1v) is 11.6. The van der Waals surface area contributed by atoms with Crippen LogP contribution in [0.3, 0.4) is 0 Å². The Morgan fingerprint density at radius 3 is 2.51 bits per heavy atom. The summed E-state index contributed by atoms with van der Waals surface area (Å²) in [6.07, 6.45) is 3.85. The van der Waals surface area contributed by atoms with E-state index in [2.05, 4.69) is 33.0 Å². The van der Waals surface area contributed by atoms with E-state index >= 15 is 0 Å². The Morgan fingerprint density at radius 2 is 1.80 bits per heavy atom. The summed E-state index contributed by atoms with van der Waals surface area (Å²) in [5.41, 5.74) is 4.22. The number of rotatable bonds is 10. The Labute approximate surface area is 216 Å². The van der Waals surface area contributed by atoms with E-state index in [1.165, 1.54) is 13.3 Å². The number of carbonyl (C=O) groups excluding carboxylic acids is 2. The molecule has 7 nitrogen and oxygen atoms in total. The van der Waals surface area contributed by atoms with Crippen molar-refractivity contribution in [2.24, 2.45) is 5.10 Å². The van der Waals surface area contributed by atoms with E-state index in [0.717, 1.165) is 10.0 Å². The lowest BCUT2D eigenvalue weighted by molar-refractivity contribution is -0.123. The molecule has 0 fully saturated rings. The van der Waals surface area contributed by atoms with Gasteiger partial charge in [0.2, 0.25) is 0 Å². The van der Waals surface area contributed by atoms with Crippen molar-refractivity contribution in [2.75, 3.05) is 13.7 Å². The van der Waals surface area contributed by atoms with Gasteiger partial charge in [-0.2, -0.15) is 5.10 Å². The number of methoxy groups -OCH3 is 1. The second-order valence-corrected chi connectivity index (χ2v) is 8.49. The molecule has 1 N–H and O–H groups in total. The minimum atomic E-state index is -0.552. The summed E-state index contributed by atoms with van der Waals surface area (Å²) in [6, 6.07) is 16.8. The average molecular weight is 558 g/mol. The summed E-state index contributed by atoms with van der Waals surface area (Å²) in [4.78, 5) is 24.7. The molecule has 180 valence electrons. The number of hydrogen-bond donors (Lipinski definition) is 1. The largest absolute Gasteiger partial charge is 0.493 e. The van der Waals surface area contributed by atoms with E-state index in [9.17, 15) is 9.59 Å². The zero-order valence-electron chi connectivity index (χ0n) is 18.8. The third kappa shape index (κ3) is 7.70. The number of allylic oxidation sites excluding steroid dienone is 1. The van der Waals surface area contributed by atoms with Gasteiger partial charge in [0, 0.05) is 15.1 Å². The molecule has 0 aliphatic heterocycles. The molecule has 0 atom stereocenters. The van der Waals surface area contributed by atoms with Crippen molar-refractivity contribution in [2.45, 2.75) is 6.42 Å². The Bertz CT molecular complexity index is 1240. The lowest BCUT2D eigenvalue weighted by Crippen LogP contribution is -2.24. The van der Waals surface area contributed by atoms with Crippen molar-refractivity contribution in [3.8, 4) is 17.2 Å². The monoisotopic (exact) mass is 556 g/mol. The Kier molecular flexibility index (Phi) is 9.46. The molecule has 0 bridgehead atoms. The maximum Gasteiger partial charge on any atom is 0.343 e. The van der Waals surface area contributed by atoms with E-state index in [0.29, 0.717) is 34.1 Å². The highest BCUT2D eigenvalue weighted by Crippen LogP contribution is 2.28. The number of halogens is 2. The number of ether oxygens (including phenoxy) is 3. The van der Waals surface area contributed by atoms with Crippen LogP contribution in [-0.4, -0.2) is 31.8 Å². The second-order valence-electron chi connectivity index (χ2n) is 7.14. The van der Waals surface area contributed by atoms with E-state index < -0.39 is 11.9 Å². The maximum absolute atomic E-state index is 12.5. The van der Waals surface area contributed by atoms with Crippen molar-refractivity contribution in [3.05, 3.63) is 99.5 Å². The molecule has 3 aromatic carbocycles. The number of hydrogen-bond acceptors (Lipinski definition) is 6. The van der Waals surface area contributed by atoms with Crippen molar-refractivity contribution < 1.29 is 23.8 Å². The van der Waals surface area contributed by atoms with Gasteiger partial charge in [0.25, 0.3) is 5.91 Å². The van der Waals surface area contributed by atoms with Crippen LogP contribution < -0.4 is 19.6 Å². The molecular formula is C26H22BrClN2O5. The summed E-state index contributed by atoms with van der Waals surface area (Å²) in [7, 11) is 1.53. The van der Waals surface area contributed by atoms with Crippen LogP contribution in [0.1, 0.15) is 21.5 Å². The molecular weight excluding hydrogens is 536 g/mol. The Hall–Kier alpha value is -3.62. The van der Waals surface area contributed by atoms with Crippen LogP contribution in [0.15, 0.2) is 82.9 Å². The second kappa shape index (κ2) is 12.7. The number of nitrogens with zero attached hydrogens (tertiary/aromatic N) is 1. The van der Waals surface area contributed by atoms with Crippen LogP contribution in [0, 0.1) is 0 Å². The van der Waals surface area contributed by atoms with E-state index in [1.54, 1.807) is 54.6 Å². The minimum absolute atomic E-state index is 0.270. The van der Waals surface area contributed by atoms with Gasteiger partial charge >= 0.3 is 5.97 Å². The predicted molar refractivity (Wildman–Crippen MR) is 139 cm³/mol. The summed E-state index contributed by atoms with van der Waals surface area (Å²) in [5, 5.41) is 4.47. The number of benzene rings is 3. The third-order valence-corrected chi connectivity index (χ3v) is 5.36. The number of carbonyl (C=O) groups is 2. The smallest absolute Gasteiger partial charge is 0.343 e. The van der Waals surface area contributed by atoms with E-state index in [4.69, 9.17) is 25.8 Å². The normalized spacial score (nSPS) is 10.6. The maximum atomic E-state index is 12.5. The van der Waals surface area contributed by atoms with E-state index in [-0.39, 0.29) is 12.4 Å². The lowest BCUT2D eigenvalue weighted by atomic mass is 10.1. The highest BCUT2D eigenvalue weighted by atomic mass is 79.9. The van der Waals surface area contributed by atoms with Crippen molar-refractivity contribution in [3.63, 3.8) is 0 Å². The fourth-order valence-electron chi connectivity index (χ4n) is 2.93. The molecule has 0 radical (unpaired) electrons. The van der Waals surface area contributed by atoms with Gasteiger partial charge in [-0.25, -0.2) is 10.2 Å². The van der Waals surface area contributed by atoms with Crippen LogP contribution >= 0.6 is 27.5 Å². The van der Waals surface area contributed by atoms with Gasteiger partial charge in [-0.3, -0.25) is 4.79 Å². The number of amides is 1. The van der Waals surface area contributed by atoms with Gasteiger partial charge in [-0.1, -0.05) is 39.7 Å². The van der Waals surface area contributed by atoms with Crippen molar-refractivity contribution >= 4 is 45.6 Å². The molecule has 0 saturated carbocycles. The quantitative estimate of drug-likeness (QED) is 0.116. The molecule has 0 unspecified atom stereocenters. The molecule has 0 saturated heterocycles. The van der Waals surface area contributed by atoms with Crippen LogP contribution in [0.25, 0.3) is 0 Å². The van der Waals surface area contributed by atoms with Crippen LogP contribution in [0.2, 0.25) is 5.02 Å². The number of esters is 1. The number of nitrogens with one attached hydrogen (secondary N) is 1. The van der Waals surface area contributed by atoms with Crippen LogP contribution in [0.5, 0.6) is 17.2 Å². The summed E-state index contributed by atoms with van der Waals surface area (Å²) < 4.78 is 17.1. The van der Waals surface area contributed by atoms with Crippen LogP contribution in [0.4, 0.5) is 0 Å². The molecule has 0 spiro atoms. The topological polar surface area (TPSA) is 86.2 Å². The minimum Gasteiger partial charge on any atom is -0.493 e. The molecule has 9 heteroatoms. The zero-order valence-corrected chi connectivity index (χ0v) is 21.1. The van der Waals surface area contributed by atoms with Gasteiger partial charge in [-0.05, 0) is 66.6 Å². The van der Waals surface area contributed by atoms with Gasteiger partial charge in [0.05, 0.1) is 18.9 Å². The first-order chi connectivity index (χ1) is 16.9. The van der Waals surface area contributed by atoms with Crippen molar-refractivity contribution in [1.82, 2.24) is 5.43 Å². The fourth-order valence-corrected chi connectivity index (χ4v) is 3.44. The molecule has 1 amide bonds. The molecule has 0 aromatic heterocycles. The first kappa shape index (κ1) is 26.0. The molecule has 0 aliphatic carbocycles. The SMILES string of the molecule is C=CCc1ccc(OCC(=O)N/N=C/c2cc(Br)ccc2OC(=O)c2ccc(Cl)cc2)c(OC)c1. The highest BCUT2D eigenvalue weighted by molar-refractivity contribution is 9.10. The number of hydrazone groups is 1. The molecule has 3 rings (SSSR count). The fraction of sp³-hybridized carbons (Fsp3) is 0.115. The van der Waals surface area contributed by atoms with Gasteiger partial charge < -0.3 is 14.2 Å². The standard InChI is InChI=1S/C26H22BrClN2O5/c1-3-4-17-5-11-23(24(13-17)33-2)34-16-25(31)30-29-15-19-14-20(27)8-12-22(19)35-26(32)18-6-9-21(28)10-7-18/h3,5-15H,1,4,16H2,2H3,(H,30,31)/b29-15+. The molecule has 35 heavy (non-hydrogen) atoms. The third-order valence-electron chi connectivity index (χ3n) is 4.61. The van der Waals surface area contributed by atoms with Gasteiger partial charge in [0.15, 0.2) is 18.1 Å². The molecule has 0 heterocycles. The molecule has 3 aromatic rings. The Balaban J connectivity index is 1.61. The Morgan fingerprint density at radius 1 is 1.06 bits per heavy atom. The summed E-state index contributed by atoms with van der Waals surface area (Å²) in [6.45, 7) is 3.44. The van der Waals surface area contributed by atoms with Crippen LogP contribution in [-0.2, 0) is 11.2 Å². The van der Waals surface area contributed by atoms with E-state index in [1.807, 2.05) is 12.1 Å². The highest BCUT2D eigenvalue weighted by Gasteiger charge is 2.12. The average Bonchev–Trinajstić information content (AvgIpc) is 2.85. The molecule has 0 aliphatic rings. The predicted octanol–water partition coefficient (Wildman–Crippen LogP) is 5.59. The summed E-state index contributed by atoms with van der Waals surface area (Å²) >= 11 is 9.24. The van der Waals surface area contributed by atoms with Crippen molar-refractivity contribution in [1.29, 1.82) is 0 Å². The van der Waals surface area contributed by atoms with Gasteiger partial charge in [-0.15, -0.1) is 6.58 Å². The first-order valence-electron chi connectivity index (χ1n) is 10.4. The summed E-state index contributed by atoms with van der Waals surface area (Å²) in [5.74, 6) is 0.189. The van der Waals surface area contributed by atoms with Gasteiger partial charge in [0.1, 0.15) is 5.75 Å². The zero-order chi connectivity index (χ0) is 25.2.